The summed E-state index contributed by atoms with van der Waals surface area (Å²) in [5, 5.41) is 38.8. The minimum absolute atomic E-state index is 0. The molecule has 1 unspecified atom stereocenters. The van der Waals surface area contributed by atoms with Crippen LogP contribution in [0.5, 0.6) is 0 Å². The van der Waals surface area contributed by atoms with Crippen molar-refractivity contribution < 1.29 is 378 Å². The van der Waals surface area contributed by atoms with E-state index in [2.05, 4.69) is 4.33 Å². The smallest absolute Gasteiger partial charge is 1.00 e. The van der Waals surface area contributed by atoms with Crippen LogP contribution in [0.2, 0.25) is 0 Å². The largest absolute Gasteiger partial charge is 1.00 e. The Labute approximate surface area is 626 Å². The molecule has 0 saturated heterocycles. The van der Waals surface area contributed by atoms with Crippen molar-refractivity contribution in [2.75, 3.05) is 86.3 Å². The number of hydrogen-bond donors (Lipinski definition) is 17. The fourth-order valence-electron chi connectivity index (χ4n) is 0.892. The molecule has 478 valence electrons. The average molecular weight is 1560 g/mol. The maximum absolute atomic E-state index is 9.71. The second-order valence-electron chi connectivity index (χ2n) is 9.33. The predicted molar refractivity (Wildman–Crippen MR) is 240 cm³/mol. The predicted octanol–water partition coefficient (Wildman–Crippen LogP) is -32.5. The molecule has 0 amide bonds. The monoisotopic (exact) mass is 1560 g/mol. The second-order valence-corrected chi connectivity index (χ2v) is 27.9. The van der Waals surface area contributed by atoms with Crippen LogP contribution in [0, 0.1) is 0 Å². The van der Waals surface area contributed by atoms with Gasteiger partial charge in [-0.3, -0.25) is 40.3 Å². The zero-order chi connectivity index (χ0) is 63.7. The third-order valence-corrected chi connectivity index (χ3v) is 8.32. The van der Waals surface area contributed by atoms with Gasteiger partial charge in [0.1, 0.15) is 0 Å². The van der Waals surface area contributed by atoms with E-state index in [-0.39, 0.29) is 248 Å². The van der Waals surface area contributed by atoms with Crippen LogP contribution in [-0.4, -0.2) is 316 Å². The Morgan fingerprint density at radius 3 is 0.476 bits per heavy atom. The van der Waals surface area contributed by atoms with Gasteiger partial charge in [-0.1, -0.05) is 0 Å². The summed E-state index contributed by atoms with van der Waals surface area (Å²) in [5.41, 5.74) is 14.2. The fourth-order valence-corrected chi connectivity index (χ4v) is 2.68. The van der Waals surface area contributed by atoms with E-state index in [9.17, 15) is 81.3 Å². The van der Waals surface area contributed by atoms with Crippen molar-refractivity contribution in [3.63, 3.8) is 0 Å². The molecule has 24 N–H and O–H groups in total. The molecule has 0 fully saturated rings. The molecule has 49 nitrogen and oxygen atoms in total. The number of rotatable bonds is 15. The van der Waals surface area contributed by atoms with Gasteiger partial charge in [-0.15, -0.1) is 12.6 Å². The molecule has 0 saturated carbocycles. The topological polar surface area (TPSA) is 965 Å². The summed E-state index contributed by atoms with van der Waals surface area (Å²) < 4.78 is 336. The maximum Gasteiger partial charge on any atom is 1.00 e. The standard InChI is InChI=1S/3C2H7NO3S.4C2H6O4S.Ca.H3N.6Na.4H2O4S.O3S.H2O/c7*3-1-2-7(4,5)6;;;;;;;;;3*1-5(2,3)4;1-4-5(2)3;1-4(2)3;/h3*1-3H2,(H,4,5,6);4*3H,1-2H2,(H,4,5,6);;1H3;;;;;;;3*(H2,1,2,3,4);1H,(H,2,3);;1H2/q;;;;;;;;;6*+1;;;;;;/p-6. The molecule has 82 heavy (non-hydrogen) atoms. The summed E-state index contributed by atoms with van der Waals surface area (Å²) in [6.45, 7) is -2.45. The third-order valence-electron chi connectivity index (χ3n) is 2.61. The quantitative estimate of drug-likeness (QED) is 0.0238. The van der Waals surface area contributed by atoms with Crippen molar-refractivity contribution in [1.29, 1.82) is 0 Å². The average Bonchev–Trinajstić information content (AvgIpc) is 3.00. The van der Waals surface area contributed by atoms with Gasteiger partial charge in [0.25, 0.3) is 30.4 Å². The molecule has 0 aliphatic heterocycles. The van der Waals surface area contributed by atoms with Crippen LogP contribution in [0.1, 0.15) is 0 Å². The molecule has 0 aromatic rings. The van der Waals surface area contributed by atoms with Gasteiger partial charge in [0.05, 0.1) is 107 Å². The van der Waals surface area contributed by atoms with Gasteiger partial charge in [-0.2, -0.15) is 42.1 Å². The Hall–Kier alpha value is 5.53. The Bertz CT molecular complexity index is 2360. The molecule has 68 heteroatoms. The number of hydrogen-bond acceptors (Lipinski definition) is 40. The van der Waals surface area contributed by atoms with E-state index in [1.54, 1.807) is 0 Å². The molecule has 0 aromatic heterocycles. The Morgan fingerprint density at radius 2 is 0.476 bits per heavy atom. The van der Waals surface area contributed by atoms with Crippen LogP contribution < -0.4 is 201 Å². The molecular formula is C14H52CaN4Na6O45S12. The molecule has 0 radical (unpaired) electrons. The Balaban J connectivity index is -0.0000000282. The van der Waals surface area contributed by atoms with Crippen LogP contribution >= 0.6 is 0 Å². The van der Waals surface area contributed by atoms with E-state index >= 15 is 0 Å². The van der Waals surface area contributed by atoms with Crippen LogP contribution in [0.3, 0.4) is 0 Å². The minimum atomic E-state index is -5.17. The van der Waals surface area contributed by atoms with Crippen molar-refractivity contribution in [1.82, 2.24) is 6.15 Å². The van der Waals surface area contributed by atoms with E-state index in [0.29, 0.717) is 0 Å². The van der Waals surface area contributed by atoms with Gasteiger partial charge in [-0.25, -0.2) is 33.7 Å². The molecule has 0 bridgehead atoms. The maximum atomic E-state index is 9.71. The first-order valence-corrected chi connectivity index (χ1v) is 35.7. The molecule has 1 atom stereocenters. The van der Waals surface area contributed by atoms with E-state index in [0.717, 1.165) is 0 Å². The molecule has 0 aliphatic rings. The zero-order valence-electron chi connectivity index (χ0n) is 42.9. The molecule has 0 heterocycles. The van der Waals surface area contributed by atoms with Crippen molar-refractivity contribution >= 4 is 150 Å². The number of aliphatic hydroxyl groups is 4. The van der Waals surface area contributed by atoms with Crippen molar-refractivity contribution in [3.05, 3.63) is 0 Å². The summed E-state index contributed by atoms with van der Waals surface area (Å²) in [6.07, 6.45) is 0. The SMILES string of the molecule is N.NCCS(=O)(=O)O.NCCS(=O)(=O)[O-].NCCS(=O)(=O)[O-].O.O=S(=O)(O)CCO.O=S(=O)(O)CCO.O=S(=O)(O)O.O=S(=O)(O)O.O=S(=O)([O-])CCO.O=S(=O)([O-])CCO.O=S(=O)([O-])[O-].O=S(=O)=O.O=[S](O)(=[Ca])OO.[Na+].[Na+].[Na+].[Na+].[Na+].[Na+]. The first kappa shape index (κ1) is 144. The number of nitrogens with two attached hydrogens (primary N) is 3. The van der Waals surface area contributed by atoms with Gasteiger partial charge in [0.15, 0.2) is 0 Å². The third kappa shape index (κ3) is 458. The first-order chi connectivity index (χ1) is 31.7. The molecule has 0 rings (SSSR count). The van der Waals surface area contributed by atoms with E-state index in [1.165, 1.54) is 0 Å². The summed E-state index contributed by atoms with van der Waals surface area (Å²) >= 11 is 0.0312. The molecular weight excluding hydrogens is 1510 g/mol. The molecule has 0 spiro atoms. The Morgan fingerprint density at radius 1 is 0.366 bits per heavy atom. The zero-order valence-corrected chi connectivity index (χ0v) is 66.9. The summed E-state index contributed by atoms with van der Waals surface area (Å²) in [7, 11) is -45.7. The summed E-state index contributed by atoms with van der Waals surface area (Å²) in [6, 6.07) is 0. The summed E-state index contributed by atoms with van der Waals surface area (Å²) in [5.74, 6) is -3.81. The van der Waals surface area contributed by atoms with E-state index in [4.69, 9.17) is 126 Å². The van der Waals surface area contributed by atoms with Crippen LogP contribution in [0.4, 0.5) is 0 Å². The van der Waals surface area contributed by atoms with Crippen LogP contribution in [0.25, 0.3) is 0 Å². The van der Waals surface area contributed by atoms with Crippen LogP contribution in [0.15, 0.2) is 0 Å². The number of aliphatic hydroxyl groups excluding tert-OH is 4. The normalized spacial score (nSPS) is 10.9. The van der Waals surface area contributed by atoms with Gasteiger partial charge < -0.3 is 76.6 Å². The van der Waals surface area contributed by atoms with Gasteiger partial charge in [0, 0.05) is 30.0 Å². The van der Waals surface area contributed by atoms with Crippen LogP contribution in [-0.2, 0) is 121 Å². The van der Waals surface area contributed by atoms with E-state index < -0.39 is 178 Å². The first-order valence-electron chi connectivity index (χ1n) is 15.1. The van der Waals surface area contributed by atoms with Crippen molar-refractivity contribution in [3.8, 4) is 0 Å². The molecule has 0 aliphatic carbocycles. The van der Waals surface area contributed by atoms with Gasteiger partial charge in [-0.05, 0) is 0 Å². The summed E-state index contributed by atoms with van der Waals surface area (Å²) in [4.78, 5) is 0. The van der Waals surface area contributed by atoms with Gasteiger partial charge in [0.2, 0.25) is 0 Å². The van der Waals surface area contributed by atoms with Crippen molar-refractivity contribution in [2.45, 2.75) is 0 Å². The van der Waals surface area contributed by atoms with E-state index in [1.807, 2.05) is 0 Å². The molecule has 0 aromatic carbocycles. The minimum Gasteiger partial charge on any atom is 1.00 e. The fraction of sp³-hybridized carbons (Fsp3) is 1.00. The van der Waals surface area contributed by atoms with Crippen molar-refractivity contribution in [2.24, 2.45) is 17.2 Å². The Kier molecular flexibility index (Phi) is 138. The van der Waals surface area contributed by atoms with Gasteiger partial charge >= 0.3 is 265 Å². The second kappa shape index (κ2) is 79.0.